The van der Waals surface area contributed by atoms with E-state index in [0.29, 0.717) is 5.92 Å². The van der Waals surface area contributed by atoms with Crippen molar-refractivity contribution in [2.45, 2.75) is 32.1 Å². The summed E-state index contributed by atoms with van der Waals surface area (Å²) in [7, 11) is 4.20. The first-order chi connectivity index (χ1) is 11.7. The highest BCUT2D eigenvalue weighted by molar-refractivity contribution is 14.0. The molecule has 1 N–H and O–H groups in total. The lowest BCUT2D eigenvalue weighted by molar-refractivity contribution is 0.223. The molecule has 6 nitrogen and oxygen atoms in total. The number of aryl methyl sites for hydroxylation is 1. The number of piperidine rings is 1. The molecular weight excluding hydrogens is 427 g/mol. The minimum atomic E-state index is 0. The van der Waals surface area contributed by atoms with Gasteiger partial charge in [0, 0.05) is 45.3 Å². The predicted octanol–water partition coefficient (Wildman–Crippen LogP) is 2.13. The topological polar surface area (TPSA) is 48.7 Å². The number of hydrogen-bond donors (Lipinski definition) is 1. The lowest BCUT2D eigenvalue weighted by Crippen LogP contribution is -2.40. The fourth-order valence-electron chi connectivity index (χ4n) is 3.76. The van der Waals surface area contributed by atoms with Crippen molar-refractivity contribution in [2.24, 2.45) is 18.0 Å². The molecule has 0 bridgehead atoms. The number of likely N-dealkylation sites (tertiary alicyclic amines) is 2. The average Bonchev–Trinajstić information content (AvgIpc) is 3.22. The predicted molar refractivity (Wildman–Crippen MR) is 114 cm³/mol. The van der Waals surface area contributed by atoms with E-state index in [2.05, 4.69) is 40.4 Å². The fourth-order valence-corrected chi connectivity index (χ4v) is 3.76. The van der Waals surface area contributed by atoms with Gasteiger partial charge in [-0.15, -0.1) is 24.0 Å². The van der Waals surface area contributed by atoms with Gasteiger partial charge in [-0.1, -0.05) is 0 Å². The number of halogens is 1. The van der Waals surface area contributed by atoms with Crippen molar-refractivity contribution in [3.8, 4) is 0 Å². The van der Waals surface area contributed by atoms with E-state index in [-0.39, 0.29) is 24.0 Å². The third-order valence-electron chi connectivity index (χ3n) is 5.36. The van der Waals surface area contributed by atoms with Crippen molar-refractivity contribution in [2.75, 3.05) is 46.3 Å². The highest BCUT2D eigenvalue weighted by Crippen LogP contribution is 2.26. The second-order valence-corrected chi connectivity index (χ2v) is 7.32. The van der Waals surface area contributed by atoms with Crippen molar-refractivity contribution >= 4 is 29.9 Å². The second-order valence-electron chi connectivity index (χ2n) is 7.32. The molecular formula is C18H33IN6. The lowest BCUT2D eigenvalue weighted by Gasteiger charge is -2.28. The van der Waals surface area contributed by atoms with Crippen LogP contribution in [-0.2, 0) is 7.05 Å². The number of guanidine groups is 1. The molecule has 7 heteroatoms. The lowest BCUT2D eigenvalue weighted by atomic mass is 9.97. The smallest absolute Gasteiger partial charge is 0.193 e. The quantitative estimate of drug-likeness (QED) is 0.425. The zero-order valence-corrected chi connectivity index (χ0v) is 18.1. The summed E-state index contributed by atoms with van der Waals surface area (Å²) in [6.07, 6.45) is 7.90. The molecule has 1 atom stereocenters. The summed E-state index contributed by atoms with van der Waals surface area (Å²) in [6.45, 7) is 8.60. The van der Waals surface area contributed by atoms with Gasteiger partial charge in [0.05, 0.1) is 6.20 Å². The van der Waals surface area contributed by atoms with Gasteiger partial charge in [0.1, 0.15) is 0 Å². The molecule has 25 heavy (non-hydrogen) atoms. The van der Waals surface area contributed by atoms with Crippen LogP contribution in [0.4, 0.5) is 0 Å². The molecule has 0 amide bonds. The second kappa shape index (κ2) is 9.75. The van der Waals surface area contributed by atoms with E-state index in [9.17, 15) is 0 Å². The van der Waals surface area contributed by atoms with Gasteiger partial charge < -0.3 is 15.1 Å². The molecule has 3 rings (SSSR count). The number of nitrogens with zero attached hydrogens (tertiary/aromatic N) is 5. The highest BCUT2D eigenvalue weighted by Gasteiger charge is 2.27. The van der Waals surface area contributed by atoms with E-state index in [1.807, 2.05) is 17.9 Å². The van der Waals surface area contributed by atoms with E-state index >= 15 is 0 Å². The van der Waals surface area contributed by atoms with Crippen molar-refractivity contribution in [3.63, 3.8) is 0 Å². The van der Waals surface area contributed by atoms with Gasteiger partial charge in [0.15, 0.2) is 5.96 Å². The van der Waals surface area contributed by atoms with Crippen LogP contribution in [0.5, 0.6) is 0 Å². The molecule has 0 spiro atoms. The number of rotatable bonds is 4. The number of nitrogens with one attached hydrogen (secondary N) is 1. The molecule has 3 heterocycles. The van der Waals surface area contributed by atoms with E-state index < -0.39 is 0 Å². The number of aromatic nitrogens is 2. The highest BCUT2D eigenvalue weighted by atomic mass is 127. The van der Waals surface area contributed by atoms with Gasteiger partial charge in [-0.3, -0.25) is 9.67 Å². The summed E-state index contributed by atoms with van der Waals surface area (Å²) in [4.78, 5) is 9.82. The first kappa shape index (κ1) is 20.5. The zero-order valence-electron chi connectivity index (χ0n) is 15.8. The van der Waals surface area contributed by atoms with Crippen LogP contribution in [0.25, 0.3) is 0 Å². The first-order valence-electron chi connectivity index (χ1n) is 9.36. The first-order valence-corrected chi connectivity index (χ1v) is 9.36. The summed E-state index contributed by atoms with van der Waals surface area (Å²) in [5, 5.41) is 7.81. The molecule has 1 unspecified atom stereocenters. The van der Waals surface area contributed by atoms with E-state index in [1.165, 1.54) is 37.9 Å². The summed E-state index contributed by atoms with van der Waals surface area (Å²) < 4.78 is 1.90. The molecule has 2 aliphatic rings. The van der Waals surface area contributed by atoms with Crippen LogP contribution in [0.3, 0.4) is 0 Å². The standard InChI is InChI=1S/C18H32N6.HI/c1-4-19-18(20-11-15-5-8-22(2)9-6-15)24-10-7-16(14-24)17-12-21-23(3)13-17;/h12-13,15-16H,4-11,14H2,1-3H3,(H,19,20);1H. The van der Waals surface area contributed by atoms with Crippen LogP contribution in [-0.4, -0.2) is 71.9 Å². The average molecular weight is 460 g/mol. The fraction of sp³-hybridized carbons (Fsp3) is 0.778. The summed E-state index contributed by atoms with van der Waals surface area (Å²) >= 11 is 0. The molecule has 0 aromatic carbocycles. The summed E-state index contributed by atoms with van der Waals surface area (Å²) in [6, 6.07) is 0. The van der Waals surface area contributed by atoms with Crippen molar-refractivity contribution in [3.05, 3.63) is 18.0 Å². The molecule has 1 aromatic rings. The van der Waals surface area contributed by atoms with Crippen LogP contribution >= 0.6 is 24.0 Å². The number of hydrogen-bond acceptors (Lipinski definition) is 3. The van der Waals surface area contributed by atoms with E-state index in [4.69, 9.17) is 4.99 Å². The van der Waals surface area contributed by atoms with Gasteiger partial charge in [0.2, 0.25) is 0 Å². The Balaban J connectivity index is 0.00000225. The molecule has 1 aromatic heterocycles. The van der Waals surface area contributed by atoms with Crippen molar-refractivity contribution in [1.29, 1.82) is 0 Å². The van der Waals surface area contributed by atoms with Crippen LogP contribution in [0.1, 0.15) is 37.7 Å². The van der Waals surface area contributed by atoms with Gasteiger partial charge in [0.25, 0.3) is 0 Å². The third-order valence-corrected chi connectivity index (χ3v) is 5.36. The Morgan fingerprint density at radius 2 is 2.00 bits per heavy atom. The number of aliphatic imine (C=N–C) groups is 1. The Hall–Kier alpha value is -0.830. The van der Waals surface area contributed by atoms with Crippen molar-refractivity contribution in [1.82, 2.24) is 24.9 Å². The Kier molecular flexibility index (Phi) is 7.99. The SMILES string of the molecule is CCNC(=NCC1CCN(C)CC1)N1CCC(c2cnn(C)c2)C1.I. The maximum Gasteiger partial charge on any atom is 0.193 e. The van der Waals surface area contributed by atoms with E-state index in [1.54, 1.807) is 0 Å². The Morgan fingerprint density at radius 3 is 2.64 bits per heavy atom. The van der Waals surface area contributed by atoms with Crippen LogP contribution in [0.2, 0.25) is 0 Å². The minimum absolute atomic E-state index is 0. The van der Waals surface area contributed by atoms with Gasteiger partial charge in [-0.2, -0.15) is 5.10 Å². The van der Waals surface area contributed by atoms with Crippen LogP contribution < -0.4 is 5.32 Å². The molecule has 2 saturated heterocycles. The monoisotopic (exact) mass is 460 g/mol. The summed E-state index contributed by atoms with van der Waals surface area (Å²) in [5.41, 5.74) is 1.35. The maximum absolute atomic E-state index is 4.97. The molecule has 0 radical (unpaired) electrons. The Labute approximate surface area is 169 Å². The molecule has 142 valence electrons. The van der Waals surface area contributed by atoms with E-state index in [0.717, 1.165) is 38.1 Å². The molecule has 0 aliphatic carbocycles. The van der Waals surface area contributed by atoms with Crippen LogP contribution in [0, 0.1) is 5.92 Å². The van der Waals surface area contributed by atoms with Gasteiger partial charge in [-0.25, -0.2) is 0 Å². The molecule has 2 aliphatic heterocycles. The largest absolute Gasteiger partial charge is 0.357 e. The van der Waals surface area contributed by atoms with Gasteiger partial charge in [-0.05, 0) is 57.8 Å². The molecule has 2 fully saturated rings. The van der Waals surface area contributed by atoms with Crippen molar-refractivity contribution < 1.29 is 0 Å². The normalized spacial score (nSPS) is 22.9. The Bertz CT molecular complexity index is 550. The summed E-state index contributed by atoms with van der Waals surface area (Å²) in [5.74, 6) is 2.42. The minimum Gasteiger partial charge on any atom is -0.357 e. The molecule has 0 saturated carbocycles. The Morgan fingerprint density at radius 1 is 1.24 bits per heavy atom. The zero-order chi connectivity index (χ0) is 16.9. The van der Waals surface area contributed by atoms with Gasteiger partial charge >= 0.3 is 0 Å². The van der Waals surface area contributed by atoms with Crippen LogP contribution in [0.15, 0.2) is 17.4 Å². The third kappa shape index (κ3) is 5.57. The maximum atomic E-state index is 4.97.